The normalized spacial score (nSPS) is 10.3. The van der Waals surface area contributed by atoms with Crippen LogP contribution in [-0.2, 0) is 0 Å². The molecule has 0 aromatic carbocycles. The first-order valence-corrected chi connectivity index (χ1v) is 3.15. The van der Waals surface area contributed by atoms with Crippen molar-refractivity contribution in [3.05, 3.63) is 24.5 Å². The Morgan fingerprint density at radius 3 is 3.00 bits per heavy atom. The van der Waals surface area contributed by atoms with Gasteiger partial charge in [0, 0.05) is 6.07 Å². The van der Waals surface area contributed by atoms with Crippen LogP contribution in [0.4, 0.5) is 0 Å². The molecule has 0 radical (unpaired) electrons. The molecule has 11 heavy (non-hydrogen) atoms. The molecule has 0 N–H and O–H groups in total. The summed E-state index contributed by atoms with van der Waals surface area (Å²) in [6.07, 6.45) is 3.10. The second-order valence-electron chi connectivity index (χ2n) is 2.11. The van der Waals surface area contributed by atoms with Crippen LogP contribution in [0.15, 0.2) is 23.2 Å². The summed E-state index contributed by atoms with van der Waals surface area (Å²) in [7, 11) is 0. The zero-order chi connectivity index (χ0) is 7.68. The summed E-state index contributed by atoms with van der Waals surface area (Å²) in [6, 6.07) is 1.75. The van der Waals surface area contributed by atoms with Gasteiger partial charge in [0.15, 0.2) is 5.82 Å². The van der Waals surface area contributed by atoms with Crippen molar-refractivity contribution in [2.45, 2.75) is 6.92 Å². The van der Waals surface area contributed by atoms with Crippen LogP contribution in [0, 0.1) is 6.92 Å². The van der Waals surface area contributed by atoms with Crippen LogP contribution in [0.2, 0.25) is 0 Å². The summed E-state index contributed by atoms with van der Waals surface area (Å²) in [5, 5.41) is 11.2. The maximum atomic E-state index is 4.67. The Labute approximate surface area is 62.6 Å². The highest BCUT2D eigenvalue weighted by Crippen LogP contribution is 2.04. The molecule has 2 rings (SSSR count). The van der Waals surface area contributed by atoms with Crippen LogP contribution < -0.4 is 0 Å². The minimum atomic E-state index is 0.701. The average molecular weight is 150 g/mol. The SMILES string of the molecule is Cc1nncn1-c1ccon1. The van der Waals surface area contributed by atoms with Gasteiger partial charge in [-0.1, -0.05) is 5.16 Å². The number of rotatable bonds is 1. The number of aryl methyl sites for hydroxylation is 1. The van der Waals surface area contributed by atoms with E-state index in [-0.39, 0.29) is 0 Å². The van der Waals surface area contributed by atoms with Crippen molar-refractivity contribution in [1.82, 2.24) is 19.9 Å². The summed E-state index contributed by atoms with van der Waals surface area (Å²) >= 11 is 0. The van der Waals surface area contributed by atoms with Gasteiger partial charge in [-0.25, -0.2) is 0 Å². The average Bonchev–Trinajstić information content (AvgIpc) is 2.55. The number of hydrogen-bond donors (Lipinski definition) is 0. The molecule has 0 bridgehead atoms. The van der Waals surface area contributed by atoms with E-state index in [1.54, 1.807) is 17.0 Å². The van der Waals surface area contributed by atoms with Crippen molar-refractivity contribution in [2.24, 2.45) is 0 Å². The molecular formula is C6H6N4O. The molecule has 0 atom stereocenters. The van der Waals surface area contributed by atoms with E-state index < -0.39 is 0 Å². The highest BCUT2D eigenvalue weighted by atomic mass is 16.5. The van der Waals surface area contributed by atoms with Gasteiger partial charge < -0.3 is 4.52 Å². The van der Waals surface area contributed by atoms with Crippen molar-refractivity contribution < 1.29 is 4.52 Å². The van der Waals surface area contributed by atoms with Gasteiger partial charge in [0.05, 0.1) is 0 Å². The Bertz CT molecular complexity index is 337. The van der Waals surface area contributed by atoms with Gasteiger partial charge in [0.2, 0.25) is 0 Å². The van der Waals surface area contributed by atoms with Crippen molar-refractivity contribution >= 4 is 0 Å². The van der Waals surface area contributed by atoms with Gasteiger partial charge >= 0.3 is 0 Å². The lowest BCUT2D eigenvalue weighted by atomic mass is 10.6. The molecule has 0 unspecified atom stereocenters. The smallest absolute Gasteiger partial charge is 0.182 e. The number of aromatic nitrogens is 4. The van der Waals surface area contributed by atoms with Crippen LogP contribution in [-0.4, -0.2) is 19.9 Å². The highest BCUT2D eigenvalue weighted by molar-refractivity contribution is 5.18. The van der Waals surface area contributed by atoms with Gasteiger partial charge in [0.25, 0.3) is 0 Å². The fraction of sp³-hybridized carbons (Fsp3) is 0.167. The number of hydrogen-bond acceptors (Lipinski definition) is 4. The molecule has 56 valence electrons. The molecule has 0 saturated heterocycles. The van der Waals surface area contributed by atoms with Crippen LogP contribution in [0.5, 0.6) is 0 Å². The van der Waals surface area contributed by atoms with E-state index in [9.17, 15) is 0 Å². The summed E-state index contributed by atoms with van der Waals surface area (Å²) in [5.74, 6) is 1.49. The van der Waals surface area contributed by atoms with Crippen LogP contribution >= 0.6 is 0 Å². The molecule has 0 fully saturated rings. The summed E-state index contributed by atoms with van der Waals surface area (Å²) < 4.78 is 6.41. The third-order valence-corrected chi connectivity index (χ3v) is 1.39. The molecule has 0 spiro atoms. The quantitative estimate of drug-likeness (QED) is 0.596. The molecule has 2 aromatic heterocycles. The Morgan fingerprint density at radius 2 is 2.45 bits per heavy atom. The lowest BCUT2D eigenvalue weighted by molar-refractivity contribution is 0.416. The predicted octanol–water partition coefficient (Wildman–Crippen LogP) is 0.564. The predicted molar refractivity (Wildman–Crippen MR) is 36.2 cm³/mol. The molecule has 5 heteroatoms. The minimum absolute atomic E-state index is 0.701. The van der Waals surface area contributed by atoms with E-state index in [4.69, 9.17) is 0 Å². The third-order valence-electron chi connectivity index (χ3n) is 1.39. The lowest BCUT2D eigenvalue weighted by Gasteiger charge is -1.93. The van der Waals surface area contributed by atoms with Gasteiger partial charge in [0.1, 0.15) is 18.4 Å². The van der Waals surface area contributed by atoms with E-state index in [1.165, 1.54) is 6.26 Å². The molecule has 0 aliphatic carbocycles. The fourth-order valence-corrected chi connectivity index (χ4v) is 0.848. The molecule has 2 aromatic rings. The third kappa shape index (κ3) is 0.899. The zero-order valence-corrected chi connectivity index (χ0v) is 5.93. The monoisotopic (exact) mass is 150 g/mol. The first kappa shape index (κ1) is 6.09. The summed E-state index contributed by atoms with van der Waals surface area (Å²) in [5.41, 5.74) is 0. The summed E-state index contributed by atoms with van der Waals surface area (Å²) in [6.45, 7) is 1.85. The summed E-state index contributed by atoms with van der Waals surface area (Å²) in [4.78, 5) is 0. The first-order chi connectivity index (χ1) is 5.38. The Balaban J connectivity index is 2.53. The highest BCUT2D eigenvalue weighted by Gasteiger charge is 2.02. The topological polar surface area (TPSA) is 56.7 Å². The van der Waals surface area contributed by atoms with E-state index in [2.05, 4.69) is 19.9 Å². The van der Waals surface area contributed by atoms with Crippen molar-refractivity contribution in [2.75, 3.05) is 0 Å². The van der Waals surface area contributed by atoms with E-state index in [0.29, 0.717) is 5.82 Å². The maximum Gasteiger partial charge on any atom is 0.182 e. The molecule has 2 heterocycles. The molecule has 5 nitrogen and oxygen atoms in total. The maximum absolute atomic E-state index is 4.67. The largest absolute Gasteiger partial charge is 0.363 e. The van der Waals surface area contributed by atoms with E-state index >= 15 is 0 Å². The lowest BCUT2D eigenvalue weighted by Crippen LogP contribution is -1.94. The molecule has 0 saturated carbocycles. The second kappa shape index (κ2) is 2.19. The van der Waals surface area contributed by atoms with Crippen molar-refractivity contribution in [3.63, 3.8) is 0 Å². The standard InChI is InChI=1S/C6H6N4O/c1-5-8-7-4-10(5)6-2-3-11-9-6/h2-4H,1H3. The minimum Gasteiger partial charge on any atom is -0.363 e. The van der Waals surface area contributed by atoms with Gasteiger partial charge in [-0.3, -0.25) is 4.57 Å². The molecule has 0 amide bonds. The fourth-order valence-electron chi connectivity index (χ4n) is 0.848. The Morgan fingerprint density at radius 1 is 1.55 bits per heavy atom. The first-order valence-electron chi connectivity index (χ1n) is 3.15. The Kier molecular flexibility index (Phi) is 1.21. The van der Waals surface area contributed by atoms with E-state index in [0.717, 1.165) is 5.82 Å². The van der Waals surface area contributed by atoms with Gasteiger partial charge in [-0.2, -0.15) is 0 Å². The molecule has 0 aliphatic rings. The Hall–Kier alpha value is -1.65. The zero-order valence-electron chi connectivity index (χ0n) is 5.93. The van der Waals surface area contributed by atoms with Crippen LogP contribution in [0.3, 0.4) is 0 Å². The van der Waals surface area contributed by atoms with Crippen molar-refractivity contribution in [3.8, 4) is 5.82 Å². The van der Waals surface area contributed by atoms with Crippen molar-refractivity contribution in [1.29, 1.82) is 0 Å². The number of nitrogens with zero attached hydrogens (tertiary/aromatic N) is 4. The van der Waals surface area contributed by atoms with Crippen LogP contribution in [0.1, 0.15) is 5.82 Å². The van der Waals surface area contributed by atoms with Crippen LogP contribution in [0.25, 0.3) is 5.82 Å². The molecule has 0 aliphatic heterocycles. The molecular weight excluding hydrogens is 144 g/mol. The van der Waals surface area contributed by atoms with Gasteiger partial charge in [-0.05, 0) is 6.92 Å². The van der Waals surface area contributed by atoms with E-state index in [1.807, 2.05) is 6.92 Å². The second-order valence-corrected chi connectivity index (χ2v) is 2.11. The van der Waals surface area contributed by atoms with Gasteiger partial charge in [-0.15, -0.1) is 10.2 Å².